The van der Waals surface area contributed by atoms with E-state index in [0.717, 1.165) is 30.8 Å². The van der Waals surface area contributed by atoms with E-state index >= 15 is 0 Å². The van der Waals surface area contributed by atoms with Crippen LogP contribution >= 0.6 is 0 Å². The molecule has 0 aromatic carbocycles. The molecule has 17 heavy (non-hydrogen) atoms. The summed E-state index contributed by atoms with van der Waals surface area (Å²) in [4.78, 5) is 8.43. The van der Waals surface area contributed by atoms with Gasteiger partial charge in [-0.15, -0.1) is 0 Å². The number of nitrogens with one attached hydrogen (secondary N) is 1. The number of aromatic nitrogens is 2. The molecule has 0 aliphatic heterocycles. The van der Waals surface area contributed by atoms with Gasteiger partial charge in [-0.1, -0.05) is 13.3 Å². The minimum atomic E-state index is 0.510. The molecule has 1 heterocycles. The van der Waals surface area contributed by atoms with Gasteiger partial charge in [0, 0.05) is 13.7 Å². The zero-order chi connectivity index (χ0) is 12.5. The Morgan fingerprint density at radius 1 is 1.24 bits per heavy atom. The standard InChI is InChI=1S/C12H21N3O2/c1-4-6-10-11(13-5-2)14-9-15-12(10)17-8-7-16-3/h9H,4-8H2,1-3H3,(H,13,14,15). The molecule has 0 aliphatic carbocycles. The SMILES string of the molecule is CCCc1c(NCC)ncnc1OCCOC. The fraction of sp³-hybridized carbons (Fsp3) is 0.667. The quantitative estimate of drug-likeness (QED) is 0.702. The summed E-state index contributed by atoms with van der Waals surface area (Å²) < 4.78 is 10.6. The van der Waals surface area contributed by atoms with Gasteiger partial charge in [0.2, 0.25) is 5.88 Å². The zero-order valence-corrected chi connectivity index (χ0v) is 10.8. The highest BCUT2D eigenvalue weighted by molar-refractivity contribution is 5.48. The Morgan fingerprint density at radius 2 is 2.06 bits per heavy atom. The molecule has 5 nitrogen and oxygen atoms in total. The largest absolute Gasteiger partial charge is 0.475 e. The van der Waals surface area contributed by atoms with E-state index in [9.17, 15) is 0 Å². The number of anilines is 1. The second-order valence-electron chi connectivity index (χ2n) is 3.63. The van der Waals surface area contributed by atoms with Gasteiger partial charge in [0.15, 0.2) is 0 Å². The highest BCUT2D eigenvalue weighted by Gasteiger charge is 2.11. The normalized spacial score (nSPS) is 10.3. The van der Waals surface area contributed by atoms with E-state index in [1.165, 1.54) is 6.33 Å². The first kappa shape index (κ1) is 13.7. The summed E-state index contributed by atoms with van der Waals surface area (Å²) in [6, 6.07) is 0. The Morgan fingerprint density at radius 3 is 2.71 bits per heavy atom. The molecule has 0 fully saturated rings. The van der Waals surface area contributed by atoms with Crippen molar-refractivity contribution < 1.29 is 9.47 Å². The van der Waals surface area contributed by atoms with Gasteiger partial charge < -0.3 is 14.8 Å². The van der Waals surface area contributed by atoms with E-state index < -0.39 is 0 Å². The Balaban J connectivity index is 2.81. The van der Waals surface area contributed by atoms with Gasteiger partial charge in [-0.2, -0.15) is 0 Å². The second-order valence-corrected chi connectivity index (χ2v) is 3.63. The maximum absolute atomic E-state index is 5.60. The van der Waals surface area contributed by atoms with Gasteiger partial charge in [-0.05, 0) is 13.3 Å². The Labute approximate surface area is 103 Å². The molecule has 1 aromatic heterocycles. The predicted octanol–water partition coefficient (Wildman–Crippen LogP) is 1.89. The molecule has 0 saturated carbocycles. The van der Waals surface area contributed by atoms with Crippen molar-refractivity contribution in [3.8, 4) is 5.88 Å². The van der Waals surface area contributed by atoms with Crippen LogP contribution in [-0.4, -0.2) is 36.8 Å². The lowest BCUT2D eigenvalue weighted by atomic mass is 10.1. The first-order valence-electron chi connectivity index (χ1n) is 6.02. The van der Waals surface area contributed by atoms with Crippen LogP contribution in [0.25, 0.3) is 0 Å². The van der Waals surface area contributed by atoms with Crippen LogP contribution in [0.5, 0.6) is 5.88 Å². The number of hydrogen-bond acceptors (Lipinski definition) is 5. The van der Waals surface area contributed by atoms with Crippen LogP contribution < -0.4 is 10.1 Å². The van der Waals surface area contributed by atoms with Crippen molar-refractivity contribution in [3.05, 3.63) is 11.9 Å². The third kappa shape index (κ3) is 4.19. The van der Waals surface area contributed by atoms with Gasteiger partial charge in [0.25, 0.3) is 0 Å². The molecular weight excluding hydrogens is 218 g/mol. The molecule has 0 radical (unpaired) electrons. The second kappa shape index (κ2) is 7.84. The maximum atomic E-state index is 5.60. The van der Waals surface area contributed by atoms with Crippen molar-refractivity contribution in [1.29, 1.82) is 0 Å². The molecule has 5 heteroatoms. The van der Waals surface area contributed by atoms with E-state index in [-0.39, 0.29) is 0 Å². The summed E-state index contributed by atoms with van der Waals surface area (Å²) in [6.45, 7) is 6.08. The van der Waals surface area contributed by atoms with Crippen molar-refractivity contribution in [2.45, 2.75) is 26.7 Å². The van der Waals surface area contributed by atoms with Gasteiger partial charge in [0.1, 0.15) is 18.8 Å². The molecule has 0 spiro atoms. The minimum absolute atomic E-state index is 0.510. The van der Waals surface area contributed by atoms with E-state index in [1.54, 1.807) is 7.11 Å². The number of nitrogens with zero attached hydrogens (tertiary/aromatic N) is 2. The third-order valence-corrected chi connectivity index (χ3v) is 2.28. The summed E-state index contributed by atoms with van der Waals surface area (Å²) >= 11 is 0. The minimum Gasteiger partial charge on any atom is -0.475 e. The van der Waals surface area contributed by atoms with Crippen LogP contribution in [-0.2, 0) is 11.2 Å². The van der Waals surface area contributed by atoms with E-state index in [2.05, 4.69) is 22.2 Å². The van der Waals surface area contributed by atoms with Crippen LogP contribution in [0.2, 0.25) is 0 Å². The van der Waals surface area contributed by atoms with E-state index in [0.29, 0.717) is 19.1 Å². The fourth-order valence-electron chi connectivity index (χ4n) is 1.54. The van der Waals surface area contributed by atoms with Crippen LogP contribution in [0.1, 0.15) is 25.8 Å². The predicted molar refractivity (Wildman–Crippen MR) is 67.6 cm³/mol. The summed E-state index contributed by atoms with van der Waals surface area (Å²) in [5.74, 6) is 1.53. The van der Waals surface area contributed by atoms with Gasteiger partial charge in [0.05, 0.1) is 12.2 Å². The zero-order valence-electron chi connectivity index (χ0n) is 10.8. The Bertz CT molecular complexity index is 332. The monoisotopic (exact) mass is 239 g/mol. The van der Waals surface area contributed by atoms with Crippen molar-refractivity contribution in [1.82, 2.24) is 9.97 Å². The van der Waals surface area contributed by atoms with Crippen LogP contribution in [0.4, 0.5) is 5.82 Å². The smallest absolute Gasteiger partial charge is 0.221 e. The maximum Gasteiger partial charge on any atom is 0.221 e. The highest BCUT2D eigenvalue weighted by atomic mass is 16.5. The Kier molecular flexibility index (Phi) is 6.32. The number of hydrogen-bond donors (Lipinski definition) is 1. The molecule has 96 valence electrons. The van der Waals surface area contributed by atoms with Gasteiger partial charge in [-0.25, -0.2) is 9.97 Å². The Hall–Kier alpha value is -1.36. The molecule has 0 aliphatic rings. The highest BCUT2D eigenvalue weighted by Crippen LogP contribution is 2.23. The number of rotatable bonds is 8. The van der Waals surface area contributed by atoms with E-state index in [4.69, 9.17) is 9.47 Å². The fourth-order valence-corrected chi connectivity index (χ4v) is 1.54. The molecular formula is C12H21N3O2. The molecule has 0 atom stereocenters. The first-order chi connectivity index (χ1) is 8.33. The average molecular weight is 239 g/mol. The molecule has 0 unspecified atom stereocenters. The van der Waals surface area contributed by atoms with Crippen molar-refractivity contribution in [3.63, 3.8) is 0 Å². The van der Waals surface area contributed by atoms with Crippen molar-refractivity contribution in [2.75, 3.05) is 32.2 Å². The lowest BCUT2D eigenvalue weighted by molar-refractivity contribution is 0.143. The van der Waals surface area contributed by atoms with Crippen molar-refractivity contribution >= 4 is 5.82 Å². The number of ether oxygens (including phenoxy) is 2. The third-order valence-electron chi connectivity index (χ3n) is 2.28. The summed E-state index contributed by atoms with van der Waals surface area (Å²) in [5, 5.41) is 3.23. The van der Waals surface area contributed by atoms with Crippen LogP contribution in [0, 0.1) is 0 Å². The summed E-state index contributed by atoms with van der Waals surface area (Å²) in [7, 11) is 1.65. The molecule has 1 rings (SSSR count). The number of methoxy groups -OCH3 is 1. The van der Waals surface area contributed by atoms with E-state index in [1.807, 2.05) is 6.92 Å². The molecule has 1 aromatic rings. The van der Waals surface area contributed by atoms with Gasteiger partial charge in [-0.3, -0.25) is 0 Å². The lowest BCUT2D eigenvalue weighted by Crippen LogP contribution is -2.10. The lowest BCUT2D eigenvalue weighted by Gasteiger charge is -2.13. The van der Waals surface area contributed by atoms with Gasteiger partial charge >= 0.3 is 0 Å². The molecule has 0 saturated heterocycles. The van der Waals surface area contributed by atoms with Crippen LogP contribution in [0.3, 0.4) is 0 Å². The molecule has 0 amide bonds. The van der Waals surface area contributed by atoms with Crippen LogP contribution in [0.15, 0.2) is 6.33 Å². The molecule has 1 N–H and O–H groups in total. The topological polar surface area (TPSA) is 56.3 Å². The first-order valence-corrected chi connectivity index (χ1v) is 6.02. The summed E-state index contributed by atoms with van der Waals surface area (Å²) in [5.41, 5.74) is 1.05. The van der Waals surface area contributed by atoms with Crippen molar-refractivity contribution in [2.24, 2.45) is 0 Å². The average Bonchev–Trinajstić information content (AvgIpc) is 2.33. The summed E-state index contributed by atoms with van der Waals surface area (Å²) in [6.07, 6.45) is 3.47. The molecule has 0 bridgehead atoms.